The zero-order chi connectivity index (χ0) is 22.7. The van der Waals surface area contributed by atoms with E-state index >= 15 is 0 Å². The number of nitrogens with zero attached hydrogens (tertiary/aromatic N) is 4. The third-order valence-corrected chi connectivity index (χ3v) is 6.60. The number of hydrogen-bond donors (Lipinski definition) is 2. The minimum absolute atomic E-state index is 0.00704. The van der Waals surface area contributed by atoms with Gasteiger partial charge in [-0.15, -0.1) is 0 Å². The predicted octanol–water partition coefficient (Wildman–Crippen LogP) is -1.27. The van der Waals surface area contributed by atoms with Gasteiger partial charge in [-0.05, 0) is 12.1 Å². The Labute approximate surface area is 188 Å². The van der Waals surface area contributed by atoms with E-state index in [1.807, 2.05) is 40.1 Å². The van der Waals surface area contributed by atoms with Crippen molar-refractivity contribution < 1.29 is 19.1 Å². The van der Waals surface area contributed by atoms with E-state index in [0.717, 1.165) is 5.69 Å². The van der Waals surface area contributed by atoms with Crippen molar-refractivity contribution in [1.29, 1.82) is 0 Å². The summed E-state index contributed by atoms with van der Waals surface area (Å²) in [6, 6.07) is 9.22. The van der Waals surface area contributed by atoms with Crippen LogP contribution < -0.4 is 16.2 Å². The number of piperidine rings is 1. The number of para-hydroxylation sites is 1. The van der Waals surface area contributed by atoms with Crippen LogP contribution in [0.25, 0.3) is 0 Å². The minimum atomic E-state index is -0.358. The first-order valence-corrected chi connectivity index (χ1v) is 11.1. The number of ether oxygens (including phenoxy) is 1. The smallest absolute Gasteiger partial charge is 0.247 e. The molecular weight excluding hydrogens is 412 g/mol. The molecule has 3 heterocycles. The van der Waals surface area contributed by atoms with Gasteiger partial charge in [-0.25, -0.2) is 10.4 Å². The van der Waals surface area contributed by atoms with E-state index < -0.39 is 0 Å². The van der Waals surface area contributed by atoms with Crippen LogP contribution in [0.5, 0.6) is 0 Å². The summed E-state index contributed by atoms with van der Waals surface area (Å²) in [6.07, 6.45) is 0. The summed E-state index contributed by atoms with van der Waals surface area (Å²) in [5.41, 5.74) is 9.43. The minimum Gasteiger partial charge on any atom is -0.383 e. The normalized spacial score (nSPS) is 26.9. The van der Waals surface area contributed by atoms with Gasteiger partial charge in [-0.1, -0.05) is 18.2 Å². The summed E-state index contributed by atoms with van der Waals surface area (Å²) in [6.45, 7) is 4.94. The van der Waals surface area contributed by atoms with Gasteiger partial charge in [0.25, 0.3) is 0 Å². The van der Waals surface area contributed by atoms with Crippen molar-refractivity contribution in [2.45, 2.75) is 6.04 Å². The Morgan fingerprint density at radius 2 is 1.81 bits per heavy atom. The lowest BCUT2D eigenvalue weighted by Crippen LogP contribution is -2.60. The SMILES string of the molecule is COCCN1CC(C(=O)N2CCN(CC(N)=O)CC2)C2NN(c3ccccc3)C(=O)C2C1. The highest BCUT2D eigenvalue weighted by atomic mass is 16.5. The van der Waals surface area contributed by atoms with Crippen molar-refractivity contribution >= 4 is 23.4 Å². The highest BCUT2D eigenvalue weighted by Gasteiger charge is 2.51. The molecule has 10 nitrogen and oxygen atoms in total. The quantitative estimate of drug-likeness (QED) is 0.539. The van der Waals surface area contributed by atoms with Crippen LogP contribution in [0.4, 0.5) is 5.69 Å². The van der Waals surface area contributed by atoms with Gasteiger partial charge in [0.15, 0.2) is 0 Å². The van der Waals surface area contributed by atoms with Crippen molar-refractivity contribution in [1.82, 2.24) is 20.1 Å². The van der Waals surface area contributed by atoms with E-state index in [0.29, 0.717) is 52.4 Å². The first-order chi connectivity index (χ1) is 15.5. The molecule has 3 unspecified atom stereocenters. The molecule has 0 aliphatic carbocycles. The number of methoxy groups -OCH3 is 1. The zero-order valence-electron chi connectivity index (χ0n) is 18.5. The Balaban J connectivity index is 1.50. The lowest BCUT2D eigenvalue weighted by Gasteiger charge is -2.42. The van der Waals surface area contributed by atoms with Gasteiger partial charge >= 0.3 is 0 Å². The van der Waals surface area contributed by atoms with Gasteiger partial charge < -0.3 is 15.4 Å². The van der Waals surface area contributed by atoms with E-state index in [1.165, 1.54) is 0 Å². The standard InChI is InChI=1S/C22H32N6O4/c1-32-12-11-26-13-17(21(30)27-9-7-25(8-10-27)15-19(23)29)20-18(14-26)22(31)28(24-20)16-5-3-2-4-6-16/h2-6,17-18,20,24H,7-15H2,1H3,(H2,23,29). The first kappa shape index (κ1) is 22.7. The number of fused-ring (bicyclic) bond motifs is 1. The Morgan fingerprint density at radius 1 is 1.09 bits per heavy atom. The number of benzene rings is 1. The molecule has 3 fully saturated rings. The molecule has 1 aromatic carbocycles. The van der Waals surface area contributed by atoms with Gasteiger partial charge in [-0.2, -0.15) is 0 Å². The van der Waals surface area contributed by atoms with E-state index in [9.17, 15) is 14.4 Å². The molecule has 0 aromatic heterocycles. The molecule has 0 spiro atoms. The Morgan fingerprint density at radius 3 is 2.47 bits per heavy atom. The monoisotopic (exact) mass is 444 g/mol. The molecule has 3 N–H and O–H groups in total. The second-order valence-electron chi connectivity index (χ2n) is 8.70. The second-order valence-corrected chi connectivity index (χ2v) is 8.70. The number of likely N-dealkylation sites (tertiary alicyclic amines) is 1. The van der Waals surface area contributed by atoms with Crippen molar-refractivity contribution in [3.05, 3.63) is 30.3 Å². The lowest BCUT2D eigenvalue weighted by molar-refractivity contribution is -0.141. The van der Waals surface area contributed by atoms with Gasteiger partial charge in [-0.3, -0.25) is 24.2 Å². The number of hydrogen-bond acceptors (Lipinski definition) is 7. The zero-order valence-corrected chi connectivity index (χ0v) is 18.5. The summed E-state index contributed by atoms with van der Waals surface area (Å²) in [4.78, 5) is 44.0. The van der Waals surface area contributed by atoms with Crippen LogP contribution in [0.2, 0.25) is 0 Å². The van der Waals surface area contributed by atoms with Crippen LogP contribution in [0, 0.1) is 11.8 Å². The summed E-state index contributed by atoms with van der Waals surface area (Å²) in [7, 11) is 1.65. The predicted molar refractivity (Wildman–Crippen MR) is 118 cm³/mol. The molecular formula is C22H32N6O4. The molecule has 3 atom stereocenters. The number of carbonyl (C=O) groups excluding carboxylic acids is 3. The number of amides is 3. The van der Waals surface area contributed by atoms with Crippen molar-refractivity contribution in [3.8, 4) is 0 Å². The van der Waals surface area contributed by atoms with Crippen LogP contribution in [0.3, 0.4) is 0 Å². The average Bonchev–Trinajstić information content (AvgIpc) is 3.14. The van der Waals surface area contributed by atoms with Crippen LogP contribution in [0.15, 0.2) is 30.3 Å². The summed E-state index contributed by atoms with van der Waals surface area (Å²) < 4.78 is 5.24. The van der Waals surface area contributed by atoms with E-state index in [-0.39, 0.29) is 42.1 Å². The molecule has 4 rings (SSSR count). The third-order valence-electron chi connectivity index (χ3n) is 6.60. The van der Waals surface area contributed by atoms with E-state index in [4.69, 9.17) is 10.5 Å². The molecule has 0 saturated carbocycles. The van der Waals surface area contributed by atoms with Gasteiger partial charge in [0.2, 0.25) is 17.7 Å². The fourth-order valence-corrected chi connectivity index (χ4v) is 4.92. The summed E-state index contributed by atoms with van der Waals surface area (Å²) in [5, 5.41) is 1.60. The second kappa shape index (κ2) is 9.95. The largest absolute Gasteiger partial charge is 0.383 e. The molecule has 0 bridgehead atoms. The Hall–Kier alpha value is -2.53. The molecule has 32 heavy (non-hydrogen) atoms. The molecule has 3 amide bonds. The van der Waals surface area contributed by atoms with Crippen LogP contribution in [-0.2, 0) is 19.1 Å². The van der Waals surface area contributed by atoms with Crippen LogP contribution in [-0.4, -0.2) is 105 Å². The number of rotatable bonds is 7. The average molecular weight is 445 g/mol. The number of carbonyl (C=O) groups is 3. The molecule has 0 radical (unpaired) electrons. The maximum Gasteiger partial charge on any atom is 0.247 e. The van der Waals surface area contributed by atoms with Gasteiger partial charge in [0, 0.05) is 52.9 Å². The molecule has 3 aliphatic heterocycles. The topological polar surface area (TPSA) is 111 Å². The number of primary amides is 1. The fourth-order valence-electron chi connectivity index (χ4n) is 4.92. The van der Waals surface area contributed by atoms with Crippen molar-refractivity contribution in [2.75, 3.05) is 71.1 Å². The third kappa shape index (κ3) is 4.78. The highest BCUT2D eigenvalue weighted by Crippen LogP contribution is 2.32. The maximum atomic E-state index is 13.6. The maximum absolute atomic E-state index is 13.6. The first-order valence-electron chi connectivity index (χ1n) is 11.1. The van der Waals surface area contributed by atoms with E-state index in [1.54, 1.807) is 12.1 Å². The molecule has 174 valence electrons. The molecule has 3 saturated heterocycles. The summed E-state index contributed by atoms with van der Waals surface area (Å²) in [5.74, 6) is -0.955. The Bertz CT molecular complexity index is 829. The summed E-state index contributed by atoms with van der Waals surface area (Å²) >= 11 is 0. The Kier molecular flexibility index (Phi) is 7.04. The number of piperazine rings is 1. The highest BCUT2D eigenvalue weighted by molar-refractivity contribution is 5.98. The number of hydrazine groups is 1. The number of anilines is 1. The van der Waals surface area contributed by atoms with Gasteiger partial charge in [0.1, 0.15) is 0 Å². The molecule has 1 aromatic rings. The van der Waals surface area contributed by atoms with E-state index in [2.05, 4.69) is 10.3 Å². The van der Waals surface area contributed by atoms with Crippen LogP contribution >= 0.6 is 0 Å². The number of nitrogens with two attached hydrogens (primary N) is 1. The lowest BCUT2D eigenvalue weighted by atomic mass is 9.83. The van der Waals surface area contributed by atoms with Crippen molar-refractivity contribution in [2.24, 2.45) is 17.6 Å². The molecule has 3 aliphatic rings. The van der Waals surface area contributed by atoms with Gasteiger partial charge in [0.05, 0.1) is 36.7 Å². The fraction of sp³-hybridized carbons (Fsp3) is 0.591. The number of nitrogens with one attached hydrogen (secondary N) is 1. The van der Waals surface area contributed by atoms with Crippen LogP contribution in [0.1, 0.15) is 0 Å². The van der Waals surface area contributed by atoms with Crippen molar-refractivity contribution in [3.63, 3.8) is 0 Å². The molecule has 10 heteroatoms.